The Kier molecular flexibility index (Phi) is 4.93. The first kappa shape index (κ1) is 22.9. The summed E-state index contributed by atoms with van der Waals surface area (Å²) in [5.74, 6) is 0.301. The number of hydrogen-bond donors (Lipinski definition) is 0. The third kappa shape index (κ3) is 3.49. The number of allylic oxidation sites excluding steroid dienone is 5. The first-order chi connectivity index (χ1) is 20.3. The van der Waals surface area contributed by atoms with Crippen LogP contribution in [0, 0.1) is 0 Å². The molecule has 0 radical (unpaired) electrons. The van der Waals surface area contributed by atoms with E-state index in [4.69, 9.17) is 0 Å². The lowest BCUT2D eigenvalue weighted by Gasteiger charge is -2.37. The molecule has 0 spiro atoms. The number of para-hydroxylation sites is 2. The summed E-state index contributed by atoms with van der Waals surface area (Å²) in [6.07, 6.45) is 12.1. The molecule has 1 aliphatic carbocycles. The molecule has 2 nitrogen and oxygen atoms in total. The van der Waals surface area contributed by atoms with E-state index in [2.05, 4.69) is 149 Å². The second-order valence-corrected chi connectivity index (χ2v) is 12.1. The number of thiophene rings is 1. The maximum Gasteiger partial charge on any atom is 0.0502 e. The summed E-state index contributed by atoms with van der Waals surface area (Å²) < 4.78 is 2.67. The zero-order valence-corrected chi connectivity index (χ0v) is 23.2. The molecule has 3 heteroatoms. The van der Waals surface area contributed by atoms with E-state index in [9.17, 15) is 0 Å². The zero-order chi connectivity index (χ0) is 26.9. The normalized spacial score (nSPS) is 16.8. The van der Waals surface area contributed by atoms with Gasteiger partial charge in [-0.15, -0.1) is 11.3 Å². The standard InChI is InChI=1S/C38H26N2S/c1-3-11-28-22-25(9-1)31-12-4-7-15-36(31)39(28)29-17-19-35-27(23-29)21-26-10-2-6-14-34(26)40(35)30-18-20-38-33(24-30)32-13-5-8-16-37(32)41-38/h1-20,22-25H,21H2. The average molecular weight is 543 g/mol. The van der Waals surface area contributed by atoms with Gasteiger partial charge in [0.2, 0.25) is 0 Å². The molecule has 2 bridgehead atoms. The van der Waals surface area contributed by atoms with Crippen molar-refractivity contribution in [2.24, 2.45) is 0 Å². The fourth-order valence-corrected chi connectivity index (χ4v) is 7.88. The second-order valence-electron chi connectivity index (χ2n) is 11.0. The topological polar surface area (TPSA) is 6.48 Å². The summed E-state index contributed by atoms with van der Waals surface area (Å²) in [6, 6.07) is 40.4. The van der Waals surface area contributed by atoms with Gasteiger partial charge in [-0.05, 0) is 83.4 Å². The van der Waals surface area contributed by atoms with E-state index in [1.54, 1.807) is 0 Å². The molecule has 1 unspecified atom stereocenters. The van der Waals surface area contributed by atoms with Gasteiger partial charge < -0.3 is 9.80 Å². The zero-order valence-electron chi connectivity index (χ0n) is 22.4. The molecule has 0 saturated carbocycles. The Hall–Kier alpha value is -4.86. The van der Waals surface area contributed by atoms with E-state index in [0.717, 1.165) is 6.42 Å². The summed E-state index contributed by atoms with van der Waals surface area (Å²) in [4.78, 5) is 4.88. The Morgan fingerprint density at radius 2 is 1.34 bits per heavy atom. The fraction of sp³-hybridized carbons (Fsp3) is 0.0526. The van der Waals surface area contributed by atoms with Gasteiger partial charge in [-0.2, -0.15) is 0 Å². The van der Waals surface area contributed by atoms with Crippen molar-refractivity contribution in [3.8, 4) is 0 Å². The molecular weight excluding hydrogens is 516 g/mol. The summed E-state index contributed by atoms with van der Waals surface area (Å²) >= 11 is 1.87. The third-order valence-electron chi connectivity index (χ3n) is 8.64. The van der Waals surface area contributed by atoms with Gasteiger partial charge in [0.25, 0.3) is 0 Å². The fourth-order valence-electron chi connectivity index (χ4n) is 6.79. The highest BCUT2D eigenvalue weighted by Gasteiger charge is 2.29. The van der Waals surface area contributed by atoms with Crippen LogP contribution in [0.15, 0.2) is 145 Å². The molecule has 0 saturated heterocycles. The Labute approximate surface area is 243 Å². The molecule has 0 amide bonds. The summed E-state index contributed by atoms with van der Waals surface area (Å²) in [7, 11) is 0. The molecule has 9 rings (SSSR count). The Morgan fingerprint density at radius 1 is 0.585 bits per heavy atom. The van der Waals surface area contributed by atoms with Gasteiger partial charge in [-0.3, -0.25) is 0 Å². The highest BCUT2D eigenvalue weighted by molar-refractivity contribution is 7.25. The van der Waals surface area contributed by atoms with Gasteiger partial charge in [0, 0.05) is 61.0 Å². The number of hydrogen-bond acceptors (Lipinski definition) is 3. The SMILES string of the molecule is C1=CC2=CC(C=C1)c1ccccc1N2c1ccc2c(c1)Cc1ccccc1N2c1ccc2sc3ccccc3c2c1. The molecule has 1 aromatic heterocycles. The minimum atomic E-state index is 0.301. The van der Waals surface area contributed by atoms with Crippen molar-refractivity contribution in [3.05, 3.63) is 162 Å². The van der Waals surface area contributed by atoms with Crippen LogP contribution in [-0.2, 0) is 6.42 Å². The van der Waals surface area contributed by atoms with Crippen molar-refractivity contribution in [2.75, 3.05) is 9.80 Å². The molecule has 5 aromatic carbocycles. The molecule has 41 heavy (non-hydrogen) atoms. The number of anilines is 5. The lowest BCUT2D eigenvalue weighted by atomic mass is 9.90. The first-order valence-corrected chi connectivity index (χ1v) is 15.0. The minimum absolute atomic E-state index is 0.301. The highest BCUT2D eigenvalue weighted by Crippen LogP contribution is 2.49. The lowest BCUT2D eigenvalue weighted by Crippen LogP contribution is -2.23. The van der Waals surface area contributed by atoms with Crippen molar-refractivity contribution in [1.29, 1.82) is 0 Å². The summed E-state index contributed by atoms with van der Waals surface area (Å²) in [5, 5.41) is 2.65. The Balaban J connectivity index is 1.21. The Morgan fingerprint density at radius 3 is 2.32 bits per heavy atom. The average Bonchev–Trinajstić information content (AvgIpc) is 3.26. The van der Waals surface area contributed by atoms with Gasteiger partial charge in [0.1, 0.15) is 0 Å². The molecule has 2 aliphatic heterocycles. The monoisotopic (exact) mass is 542 g/mol. The van der Waals surface area contributed by atoms with Gasteiger partial charge in [-0.25, -0.2) is 0 Å². The molecular formula is C38H26N2S. The molecule has 3 heterocycles. The third-order valence-corrected chi connectivity index (χ3v) is 9.79. The van der Waals surface area contributed by atoms with Crippen molar-refractivity contribution < 1.29 is 0 Å². The van der Waals surface area contributed by atoms with Gasteiger partial charge in [-0.1, -0.05) is 72.8 Å². The minimum Gasteiger partial charge on any atom is -0.310 e. The first-order valence-electron chi connectivity index (χ1n) is 14.2. The van der Waals surface area contributed by atoms with E-state index >= 15 is 0 Å². The van der Waals surface area contributed by atoms with Gasteiger partial charge in [0.05, 0.1) is 5.69 Å². The van der Waals surface area contributed by atoms with Gasteiger partial charge in [0.15, 0.2) is 0 Å². The number of rotatable bonds is 2. The van der Waals surface area contributed by atoms with Crippen LogP contribution in [-0.4, -0.2) is 0 Å². The Bertz CT molecular complexity index is 2110. The lowest BCUT2D eigenvalue weighted by molar-refractivity contribution is 0.995. The molecule has 0 fully saturated rings. The van der Waals surface area contributed by atoms with E-state index < -0.39 is 0 Å². The van der Waals surface area contributed by atoms with Crippen LogP contribution in [0.25, 0.3) is 20.2 Å². The van der Waals surface area contributed by atoms with Crippen LogP contribution < -0.4 is 9.80 Å². The molecule has 194 valence electrons. The largest absolute Gasteiger partial charge is 0.310 e. The van der Waals surface area contributed by atoms with Crippen LogP contribution in [0.1, 0.15) is 22.6 Å². The van der Waals surface area contributed by atoms with E-state index in [1.807, 2.05) is 11.3 Å². The molecule has 1 atom stereocenters. The van der Waals surface area contributed by atoms with E-state index in [0.29, 0.717) is 5.92 Å². The van der Waals surface area contributed by atoms with E-state index in [1.165, 1.54) is 71.0 Å². The van der Waals surface area contributed by atoms with Gasteiger partial charge >= 0.3 is 0 Å². The van der Waals surface area contributed by atoms with Crippen molar-refractivity contribution in [2.45, 2.75) is 12.3 Å². The second kappa shape index (κ2) is 8.82. The smallest absolute Gasteiger partial charge is 0.0502 e. The van der Waals surface area contributed by atoms with Crippen LogP contribution in [0.5, 0.6) is 0 Å². The molecule has 3 aliphatic rings. The number of fused-ring (bicyclic) bond motifs is 8. The molecule has 0 N–H and O–H groups in total. The molecule has 6 aromatic rings. The number of nitrogens with zero attached hydrogens (tertiary/aromatic N) is 2. The van der Waals surface area contributed by atoms with Crippen LogP contribution in [0.3, 0.4) is 0 Å². The van der Waals surface area contributed by atoms with E-state index in [-0.39, 0.29) is 0 Å². The maximum atomic E-state index is 2.46. The van der Waals surface area contributed by atoms with Crippen molar-refractivity contribution >= 4 is 59.9 Å². The van der Waals surface area contributed by atoms with Crippen LogP contribution in [0.2, 0.25) is 0 Å². The number of benzene rings is 5. The summed E-state index contributed by atoms with van der Waals surface area (Å²) in [5.41, 5.74) is 11.4. The predicted octanol–water partition coefficient (Wildman–Crippen LogP) is 10.7. The van der Waals surface area contributed by atoms with Crippen molar-refractivity contribution in [3.63, 3.8) is 0 Å². The quantitative estimate of drug-likeness (QED) is 0.214. The summed E-state index contributed by atoms with van der Waals surface area (Å²) in [6.45, 7) is 0. The van der Waals surface area contributed by atoms with Crippen LogP contribution >= 0.6 is 11.3 Å². The maximum absolute atomic E-state index is 2.46. The van der Waals surface area contributed by atoms with Crippen LogP contribution in [0.4, 0.5) is 28.4 Å². The predicted molar refractivity (Wildman–Crippen MR) is 175 cm³/mol. The van der Waals surface area contributed by atoms with Crippen molar-refractivity contribution in [1.82, 2.24) is 0 Å². The highest BCUT2D eigenvalue weighted by atomic mass is 32.1.